The molecular formula is C16H33NO. The molecule has 18 heavy (non-hydrogen) atoms. The van der Waals surface area contributed by atoms with Crippen molar-refractivity contribution in [2.45, 2.75) is 90.9 Å². The first-order chi connectivity index (χ1) is 8.30. The second kappa shape index (κ2) is 6.38. The van der Waals surface area contributed by atoms with E-state index in [4.69, 9.17) is 4.74 Å². The summed E-state index contributed by atoms with van der Waals surface area (Å²) in [5.41, 5.74) is 0.110. The van der Waals surface area contributed by atoms with Crippen LogP contribution in [0.15, 0.2) is 0 Å². The van der Waals surface area contributed by atoms with Crippen molar-refractivity contribution in [2.75, 3.05) is 6.54 Å². The third-order valence-electron chi connectivity index (χ3n) is 4.25. The zero-order valence-electron chi connectivity index (χ0n) is 13.3. The van der Waals surface area contributed by atoms with E-state index < -0.39 is 0 Å². The monoisotopic (exact) mass is 255 g/mol. The van der Waals surface area contributed by atoms with Gasteiger partial charge in [0.15, 0.2) is 0 Å². The lowest BCUT2D eigenvalue weighted by Gasteiger charge is -2.28. The second-order valence-electron chi connectivity index (χ2n) is 6.99. The van der Waals surface area contributed by atoms with E-state index in [2.05, 4.69) is 46.9 Å². The molecule has 1 fully saturated rings. The SMILES string of the molecule is CCCC(CCC1CC(C)(C)OC1(C)C)NCC. The molecule has 1 N–H and O–H groups in total. The van der Waals surface area contributed by atoms with Crippen LogP contribution in [0.3, 0.4) is 0 Å². The van der Waals surface area contributed by atoms with Crippen LogP contribution in [0, 0.1) is 5.92 Å². The summed E-state index contributed by atoms with van der Waals surface area (Å²) < 4.78 is 6.18. The Morgan fingerprint density at radius 3 is 2.28 bits per heavy atom. The van der Waals surface area contributed by atoms with Gasteiger partial charge in [0.1, 0.15) is 0 Å². The van der Waals surface area contributed by atoms with Gasteiger partial charge in [-0.2, -0.15) is 0 Å². The lowest BCUT2D eigenvalue weighted by molar-refractivity contribution is -0.0754. The van der Waals surface area contributed by atoms with Crippen molar-refractivity contribution in [3.8, 4) is 0 Å². The fraction of sp³-hybridized carbons (Fsp3) is 1.00. The first-order valence-corrected chi connectivity index (χ1v) is 7.74. The standard InChI is InChI=1S/C16H33NO/c1-7-9-14(17-8-2)11-10-13-12-15(3,4)18-16(13,5)6/h13-14,17H,7-12H2,1-6H3. The van der Waals surface area contributed by atoms with Crippen LogP contribution in [0.5, 0.6) is 0 Å². The molecule has 0 aliphatic carbocycles. The molecule has 0 spiro atoms. The molecule has 1 rings (SSSR count). The van der Waals surface area contributed by atoms with Gasteiger partial charge in [-0.1, -0.05) is 20.3 Å². The minimum Gasteiger partial charge on any atom is -0.369 e. The van der Waals surface area contributed by atoms with Crippen LogP contribution in [0.25, 0.3) is 0 Å². The molecule has 0 bridgehead atoms. The van der Waals surface area contributed by atoms with Crippen LogP contribution < -0.4 is 5.32 Å². The molecule has 1 aliphatic rings. The second-order valence-corrected chi connectivity index (χ2v) is 6.99. The van der Waals surface area contributed by atoms with Crippen molar-refractivity contribution in [1.82, 2.24) is 5.32 Å². The van der Waals surface area contributed by atoms with Crippen molar-refractivity contribution in [2.24, 2.45) is 5.92 Å². The smallest absolute Gasteiger partial charge is 0.0662 e. The Kier molecular flexibility index (Phi) is 5.67. The molecular weight excluding hydrogens is 222 g/mol. The number of hydrogen-bond donors (Lipinski definition) is 1. The number of rotatable bonds is 7. The van der Waals surface area contributed by atoms with Gasteiger partial charge in [0.05, 0.1) is 11.2 Å². The van der Waals surface area contributed by atoms with Crippen LogP contribution in [-0.4, -0.2) is 23.8 Å². The van der Waals surface area contributed by atoms with Crippen LogP contribution in [0.2, 0.25) is 0 Å². The molecule has 2 nitrogen and oxygen atoms in total. The van der Waals surface area contributed by atoms with Crippen molar-refractivity contribution >= 4 is 0 Å². The van der Waals surface area contributed by atoms with Gasteiger partial charge in [0.2, 0.25) is 0 Å². The van der Waals surface area contributed by atoms with Gasteiger partial charge in [-0.15, -0.1) is 0 Å². The summed E-state index contributed by atoms with van der Waals surface area (Å²) in [5, 5.41) is 3.61. The summed E-state index contributed by atoms with van der Waals surface area (Å²) in [4.78, 5) is 0. The average Bonchev–Trinajstić information content (AvgIpc) is 2.43. The zero-order valence-corrected chi connectivity index (χ0v) is 13.3. The lowest BCUT2D eigenvalue weighted by Crippen LogP contribution is -2.32. The van der Waals surface area contributed by atoms with E-state index in [0.717, 1.165) is 6.54 Å². The summed E-state index contributed by atoms with van der Waals surface area (Å²) in [6.45, 7) is 14.5. The average molecular weight is 255 g/mol. The van der Waals surface area contributed by atoms with Gasteiger partial charge < -0.3 is 10.1 Å². The van der Waals surface area contributed by atoms with E-state index >= 15 is 0 Å². The van der Waals surface area contributed by atoms with Gasteiger partial charge in [-0.25, -0.2) is 0 Å². The predicted octanol–water partition coefficient (Wildman–Crippen LogP) is 4.14. The van der Waals surface area contributed by atoms with E-state index in [1.54, 1.807) is 0 Å². The maximum atomic E-state index is 6.18. The van der Waals surface area contributed by atoms with E-state index in [-0.39, 0.29) is 11.2 Å². The van der Waals surface area contributed by atoms with Gasteiger partial charge in [-0.3, -0.25) is 0 Å². The molecule has 0 aromatic heterocycles. The minimum absolute atomic E-state index is 0.0481. The molecule has 2 unspecified atom stereocenters. The molecule has 0 amide bonds. The molecule has 0 aromatic rings. The van der Waals surface area contributed by atoms with Crippen LogP contribution >= 0.6 is 0 Å². The van der Waals surface area contributed by atoms with Crippen molar-refractivity contribution in [3.05, 3.63) is 0 Å². The largest absolute Gasteiger partial charge is 0.369 e. The van der Waals surface area contributed by atoms with Crippen LogP contribution in [0.1, 0.15) is 73.6 Å². The molecule has 0 aromatic carbocycles. The lowest BCUT2D eigenvalue weighted by atomic mass is 9.82. The Morgan fingerprint density at radius 1 is 1.17 bits per heavy atom. The Morgan fingerprint density at radius 2 is 1.83 bits per heavy atom. The topological polar surface area (TPSA) is 21.3 Å². The van der Waals surface area contributed by atoms with Crippen molar-refractivity contribution in [1.29, 1.82) is 0 Å². The molecule has 2 heteroatoms. The highest BCUT2D eigenvalue weighted by atomic mass is 16.5. The van der Waals surface area contributed by atoms with Crippen LogP contribution in [-0.2, 0) is 4.74 Å². The van der Waals surface area contributed by atoms with Crippen LogP contribution in [0.4, 0.5) is 0 Å². The quantitative estimate of drug-likeness (QED) is 0.738. The Bertz CT molecular complexity index is 241. The number of ether oxygens (including phenoxy) is 1. The fourth-order valence-corrected chi connectivity index (χ4v) is 3.51. The van der Waals surface area contributed by atoms with E-state index in [0.29, 0.717) is 12.0 Å². The van der Waals surface area contributed by atoms with Gasteiger partial charge >= 0.3 is 0 Å². The predicted molar refractivity (Wildman–Crippen MR) is 79.0 cm³/mol. The van der Waals surface area contributed by atoms with Gasteiger partial charge in [-0.05, 0) is 65.8 Å². The number of nitrogens with one attached hydrogen (secondary N) is 1. The Balaban J connectivity index is 2.46. The minimum atomic E-state index is 0.0481. The highest BCUT2D eigenvalue weighted by Gasteiger charge is 2.45. The Labute approximate surface area is 114 Å². The third kappa shape index (κ3) is 4.55. The van der Waals surface area contributed by atoms with E-state index in [1.165, 1.54) is 32.1 Å². The first kappa shape index (κ1) is 16.0. The fourth-order valence-electron chi connectivity index (χ4n) is 3.51. The van der Waals surface area contributed by atoms with E-state index in [1.807, 2.05) is 0 Å². The molecule has 1 saturated heterocycles. The summed E-state index contributed by atoms with van der Waals surface area (Å²) in [6.07, 6.45) is 6.34. The Hall–Kier alpha value is -0.0800. The van der Waals surface area contributed by atoms with Gasteiger partial charge in [0, 0.05) is 6.04 Å². The number of hydrogen-bond acceptors (Lipinski definition) is 2. The summed E-state index contributed by atoms with van der Waals surface area (Å²) in [6, 6.07) is 0.694. The molecule has 0 radical (unpaired) electrons. The summed E-state index contributed by atoms with van der Waals surface area (Å²) in [7, 11) is 0. The normalized spacial score (nSPS) is 27.3. The molecule has 108 valence electrons. The molecule has 0 saturated carbocycles. The molecule has 1 heterocycles. The maximum Gasteiger partial charge on any atom is 0.0662 e. The van der Waals surface area contributed by atoms with Gasteiger partial charge in [0.25, 0.3) is 0 Å². The summed E-state index contributed by atoms with van der Waals surface area (Å²) in [5.74, 6) is 0.700. The van der Waals surface area contributed by atoms with Crippen molar-refractivity contribution in [3.63, 3.8) is 0 Å². The highest BCUT2D eigenvalue weighted by molar-refractivity contribution is 4.94. The molecule has 2 atom stereocenters. The maximum absolute atomic E-state index is 6.18. The van der Waals surface area contributed by atoms with E-state index in [9.17, 15) is 0 Å². The zero-order chi connectivity index (χ0) is 13.8. The van der Waals surface area contributed by atoms with Crippen molar-refractivity contribution < 1.29 is 4.74 Å². The highest BCUT2D eigenvalue weighted by Crippen LogP contribution is 2.44. The third-order valence-corrected chi connectivity index (χ3v) is 4.25. The summed E-state index contributed by atoms with van der Waals surface area (Å²) >= 11 is 0. The first-order valence-electron chi connectivity index (χ1n) is 7.74. The molecule has 1 aliphatic heterocycles.